The minimum atomic E-state index is -0.434. The molecular weight excluding hydrogens is 695 g/mol. The summed E-state index contributed by atoms with van der Waals surface area (Å²) in [5, 5.41) is 38.5. The number of nitrogens with zero attached hydrogens (tertiary/aromatic N) is 16. The van der Waals surface area contributed by atoms with Gasteiger partial charge in [-0.15, -0.1) is 0 Å². The first-order valence-corrected chi connectivity index (χ1v) is 12.1. The van der Waals surface area contributed by atoms with E-state index in [0.717, 1.165) is 11.4 Å². The standard InChI is InChI=1S/2C13H13N5O.2Cu.2N3/c2*1-9-3-4-11(7-16-9)13(19)18-17-10(2)12-8-14-5-6-15-12;;;2*1-3-2/h2*3-8H,1-2H3,(H,18,19);;;;/q;;2*+2;2*-1/p-2/b2*17-10+;;;;. The molecule has 0 saturated carbocycles. The van der Waals surface area contributed by atoms with Crippen LogP contribution in [0.3, 0.4) is 0 Å². The predicted molar refractivity (Wildman–Crippen MR) is 160 cm³/mol. The normalized spacial score (nSPS) is 10.7. The van der Waals surface area contributed by atoms with E-state index in [0.29, 0.717) is 33.9 Å². The van der Waals surface area contributed by atoms with Gasteiger partial charge in [0, 0.05) is 71.5 Å². The van der Waals surface area contributed by atoms with E-state index in [9.17, 15) is 10.2 Å². The Labute approximate surface area is 284 Å². The zero-order valence-corrected chi connectivity index (χ0v) is 26.4. The first-order chi connectivity index (χ1) is 21.2. The quantitative estimate of drug-likeness (QED) is 0.0541. The first kappa shape index (κ1) is 42.5. The van der Waals surface area contributed by atoms with Crippen LogP contribution in [0.4, 0.5) is 0 Å². The van der Waals surface area contributed by atoms with Crippen LogP contribution in [-0.4, -0.2) is 53.1 Å². The number of hydrogen-bond acceptors (Lipinski definition) is 12. The van der Waals surface area contributed by atoms with Gasteiger partial charge in [-0.25, -0.2) is 0 Å². The van der Waals surface area contributed by atoms with Gasteiger partial charge >= 0.3 is 34.1 Å². The van der Waals surface area contributed by atoms with Crippen molar-refractivity contribution >= 4 is 23.2 Å². The Hall–Kier alpha value is -5.60. The van der Waals surface area contributed by atoms with Crippen molar-refractivity contribution in [1.82, 2.24) is 29.9 Å². The maximum Gasteiger partial charge on any atom is 2.00 e. The van der Waals surface area contributed by atoms with Crippen molar-refractivity contribution in [3.8, 4) is 0 Å². The average molecular weight is 720 g/mol. The van der Waals surface area contributed by atoms with E-state index >= 15 is 0 Å². The Kier molecular flexibility index (Phi) is 22.9. The molecule has 0 atom stereocenters. The van der Waals surface area contributed by atoms with Crippen LogP contribution in [0.5, 0.6) is 0 Å². The molecule has 0 amide bonds. The van der Waals surface area contributed by atoms with Crippen LogP contribution in [0.25, 0.3) is 31.9 Å². The van der Waals surface area contributed by atoms with Gasteiger partial charge in [-0.2, -0.15) is 20.4 Å². The van der Waals surface area contributed by atoms with Gasteiger partial charge in [-0.05, 0) is 39.8 Å². The van der Waals surface area contributed by atoms with Gasteiger partial charge in [-0.1, -0.05) is 12.1 Å². The Balaban J connectivity index is 0. The molecule has 20 heteroatoms. The van der Waals surface area contributed by atoms with E-state index in [2.05, 4.69) is 50.3 Å². The van der Waals surface area contributed by atoms with Gasteiger partial charge in [0.2, 0.25) is 0 Å². The molecule has 0 aliphatic carbocycles. The Morgan fingerprint density at radius 2 is 0.913 bits per heavy atom. The molecule has 0 aliphatic heterocycles. The summed E-state index contributed by atoms with van der Waals surface area (Å²) >= 11 is 0. The van der Waals surface area contributed by atoms with Crippen LogP contribution >= 0.6 is 0 Å². The van der Waals surface area contributed by atoms with Crippen molar-refractivity contribution in [2.45, 2.75) is 27.7 Å². The second-order valence-corrected chi connectivity index (χ2v) is 7.92. The molecule has 4 heterocycles. The smallest absolute Gasteiger partial charge is 0.857 e. The van der Waals surface area contributed by atoms with Gasteiger partial charge < -0.3 is 32.3 Å². The fraction of sp³-hybridized carbons (Fsp3) is 0.154. The van der Waals surface area contributed by atoms with E-state index in [4.69, 9.17) is 22.1 Å². The molecule has 4 aromatic heterocycles. The summed E-state index contributed by atoms with van der Waals surface area (Å²) in [5.41, 5.74) is 31.7. The fourth-order valence-electron chi connectivity index (χ4n) is 2.62. The van der Waals surface area contributed by atoms with Crippen LogP contribution in [-0.2, 0) is 34.1 Å². The third kappa shape index (κ3) is 16.9. The third-order valence-corrected chi connectivity index (χ3v) is 4.77. The Morgan fingerprint density at radius 3 is 1.17 bits per heavy atom. The molecule has 0 fully saturated rings. The maximum absolute atomic E-state index is 11.7. The molecular formula is C26H24Cu2N16O2. The molecule has 2 radical (unpaired) electrons. The SMILES string of the molecule is C/C(=N\N=C(/[O-])c1ccc(C)nc1)c1cnccn1.C/C(=N\N=C(/[O-])c1ccc(C)nc1)c1cnccn1.[Cu+2].[Cu+2].[N-]=[N+]=[N-].[N-]=[N+]=[N-]. The molecule has 4 aromatic rings. The number of aryl methyl sites for hydroxylation is 2. The van der Waals surface area contributed by atoms with Gasteiger partial charge in [0.05, 0.1) is 23.8 Å². The van der Waals surface area contributed by atoms with Crippen LogP contribution in [0.15, 0.2) is 94.2 Å². The summed E-state index contributed by atoms with van der Waals surface area (Å²) in [6, 6.07) is 6.84. The Morgan fingerprint density at radius 1 is 0.565 bits per heavy atom. The van der Waals surface area contributed by atoms with Crippen molar-refractivity contribution in [3.05, 3.63) is 140 Å². The van der Waals surface area contributed by atoms with Gasteiger partial charge in [-0.3, -0.25) is 39.7 Å². The third-order valence-electron chi connectivity index (χ3n) is 4.77. The molecule has 18 nitrogen and oxygen atoms in total. The van der Waals surface area contributed by atoms with Crippen LogP contribution in [0.2, 0.25) is 0 Å². The first-order valence-electron chi connectivity index (χ1n) is 12.1. The summed E-state index contributed by atoms with van der Waals surface area (Å²) in [6.07, 6.45) is 12.3. The summed E-state index contributed by atoms with van der Waals surface area (Å²) in [6.45, 7) is 7.13. The second-order valence-electron chi connectivity index (χ2n) is 7.92. The minimum absolute atomic E-state index is 0. The molecule has 46 heavy (non-hydrogen) atoms. The molecule has 0 bridgehead atoms. The van der Waals surface area contributed by atoms with Crippen molar-refractivity contribution < 1.29 is 44.4 Å². The molecule has 0 saturated heterocycles. The van der Waals surface area contributed by atoms with E-state index in [-0.39, 0.29) is 34.1 Å². The summed E-state index contributed by atoms with van der Waals surface area (Å²) in [5.74, 6) is -0.869. The van der Waals surface area contributed by atoms with Gasteiger partial charge in [0.1, 0.15) is 11.4 Å². The van der Waals surface area contributed by atoms with Crippen molar-refractivity contribution in [1.29, 1.82) is 0 Å². The maximum atomic E-state index is 11.7. The number of rotatable bonds is 6. The van der Waals surface area contributed by atoms with Crippen molar-refractivity contribution in [3.63, 3.8) is 0 Å². The molecule has 0 aliphatic rings. The van der Waals surface area contributed by atoms with E-state index in [1.807, 2.05) is 13.8 Å². The monoisotopic (exact) mass is 718 g/mol. The average Bonchev–Trinajstić information content (AvgIpc) is 3.04. The molecule has 0 spiro atoms. The van der Waals surface area contributed by atoms with Crippen LogP contribution in [0.1, 0.15) is 47.8 Å². The summed E-state index contributed by atoms with van der Waals surface area (Å²) in [4.78, 5) is 27.0. The Bertz CT molecular complexity index is 1510. The molecule has 4 rings (SSSR count). The van der Waals surface area contributed by atoms with Crippen LogP contribution in [0, 0.1) is 13.8 Å². The number of hydrogen-bond donors (Lipinski definition) is 0. The van der Waals surface area contributed by atoms with E-state index in [1.54, 1.807) is 75.3 Å². The molecule has 0 unspecified atom stereocenters. The number of pyridine rings is 2. The van der Waals surface area contributed by atoms with Crippen LogP contribution < -0.4 is 10.2 Å². The summed E-state index contributed by atoms with van der Waals surface area (Å²) < 4.78 is 0. The zero-order valence-electron chi connectivity index (χ0n) is 24.5. The van der Waals surface area contributed by atoms with E-state index in [1.165, 1.54) is 22.2 Å². The predicted octanol–water partition coefficient (Wildman–Crippen LogP) is 3.15. The second kappa shape index (κ2) is 24.8. The summed E-state index contributed by atoms with van der Waals surface area (Å²) in [7, 11) is 0. The zero-order chi connectivity index (χ0) is 32.7. The van der Waals surface area contributed by atoms with Gasteiger partial charge in [0.25, 0.3) is 0 Å². The molecule has 242 valence electrons. The number of aromatic nitrogens is 6. The molecule has 0 N–H and O–H groups in total. The topological polar surface area (TPSA) is 290 Å². The minimum Gasteiger partial charge on any atom is -0.857 e. The van der Waals surface area contributed by atoms with Gasteiger partial charge in [0.15, 0.2) is 0 Å². The van der Waals surface area contributed by atoms with E-state index < -0.39 is 11.8 Å². The van der Waals surface area contributed by atoms with Crippen molar-refractivity contribution in [2.24, 2.45) is 20.4 Å². The largest absolute Gasteiger partial charge is 2.00 e. The van der Waals surface area contributed by atoms with Crippen molar-refractivity contribution in [2.75, 3.05) is 0 Å². The molecule has 0 aromatic carbocycles. The fourth-order valence-corrected chi connectivity index (χ4v) is 2.62.